The molecule has 1 atom stereocenters. The van der Waals surface area contributed by atoms with Gasteiger partial charge in [0.15, 0.2) is 11.0 Å². The fraction of sp³-hybridized carbons (Fsp3) is 0.714. The predicted octanol–water partition coefficient (Wildman–Crippen LogP) is 1.76. The Hall–Kier alpha value is -0.390. The highest BCUT2D eigenvalue weighted by Crippen LogP contribution is 2.17. The summed E-state index contributed by atoms with van der Waals surface area (Å²) in [5.74, 6) is 0.636. The van der Waals surface area contributed by atoms with E-state index >= 15 is 0 Å². The zero-order valence-electron chi connectivity index (χ0n) is 7.33. The van der Waals surface area contributed by atoms with E-state index in [1.165, 1.54) is 0 Å². The normalized spacial score (nSPS) is 12.8. The molecular formula is C7H12ClN3OS. The average molecular weight is 222 g/mol. The van der Waals surface area contributed by atoms with Crippen molar-refractivity contribution in [1.82, 2.24) is 8.75 Å². The van der Waals surface area contributed by atoms with Gasteiger partial charge in [-0.3, -0.25) is 0 Å². The summed E-state index contributed by atoms with van der Waals surface area (Å²) in [6.07, 6.45) is 1.43. The van der Waals surface area contributed by atoms with Crippen LogP contribution in [-0.2, 0) is 0 Å². The summed E-state index contributed by atoms with van der Waals surface area (Å²) in [6.45, 7) is 2.54. The number of nitrogens with zero attached hydrogens (tertiary/aromatic N) is 2. The SMILES string of the molecule is CC(O)CCCNc1nsnc1Cl. The van der Waals surface area contributed by atoms with Crippen molar-refractivity contribution in [2.75, 3.05) is 11.9 Å². The Morgan fingerprint density at radius 3 is 2.92 bits per heavy atom. The summed E-state index contributed by atoms with van der Waals surface area (Å²) in [6, 6.07) is 0. The molecule has 0 aliphatic heterocycles. The molecule has 0 radical (unpaired) electrons. The Balaban J connectivity index is 2.17. The molecule has 0 saturated heterocycles. The monoisotopic (exact) mass is 221 g/mol. The van der Waals surface area contributed by atoms with Gasteiger partial charge in [0.2, 0.25) is 0 Å². The third-order valence-corrected chi connectivity index (χ3v) is 2.43. The molecule has 1 rings (SSSR count). The molecule has 13 heavy (non-hydrogen) atoms. The Kier molecular flexibility index (Phi) is 4.41. The van der Waals surface area contributed by atoms with E-state index in [1.807, 2.05) is 0 Å². The molecule has 0 aliphatic rings. The molecule has 74 valence electrons. The number of halogens is 1. The van der Waals surface area contributed by atoms with Crippen molar-refractivity contribution in [2.45, 2.75) is 25.9 Å². The minimum atomic E-state index is -0.245. The molecule has 0 spiro atoms. The van der Waals surface area contributed by atoms with Crippen LogP contribution in [0.3, 0.4) is 0 Å². The van der Waals surface area contributed by atoms with Crippen molar-refractivity contribution < 1.29 is 5.11 Å². The van der Waals surface area contributed by atoms with Gasteiger partial charge in [0.1, 0.15) is 0 Å². The molecule has 1 aromatic heterocycles. The second-order valence-electron chi connectivity index (χ2n) is 2.82. The molecule has 6 heteroatoms. The van der Waals surface area contributed by atoms with Gasteiger partial charge in [-0.1, -0.05) is 11.6 Å². The lowest BCUT2D eigenvalue weighted by Gasteiger charge is -2.04. The number of anilines is 1. The molecular weight excluding hydrogens is 210 g/mol. The summed E-state index contributed by atoms with van der Waals surface area (Å²) in [5.41, 5.74) is 0. The molecule has 1 heterocycles. The standard InChI is InChI=1S/C7H12ClN3OS/c1-5(12)3-2-4-9-7-6(8)10-13-11-7/h5,12H,2-4H2,1H3,(H,9,11). The highest BCUT2D eigenvalue weighted by molar-refractivity contribution is 6.99. The third-order valence-electron chi connectivity index (χ3n) is 1.54. The lowest BCUT2D eigenvalue weighted by atomic mass is 10.2. The largest absolute Gasteiger partial charge is 0.393 e. The van der Waals surface area contributed by atoms with Gasteiger partial charge in [-0.25, -0.2) is 0 Å². The van der Waals surface area contributed by atoms with Gasteiger partial charge < -0.3 is 10.4 Å². The van der Waals surface area contributed by atoms with E-state index in [2.05, 4.69) is 14.1 Å². The van der Waals surface area contributed by atoms with Crippen LogP contribution in [0.15, 0.2) is 0 Å². The molecule has 0 saturated carbocycles. The maximum absolute atomic E-state index is 8.98. The first-order valence-electron chi connectivity index (χ1n) is 4.10. The summed E-state index contributed by atoms with van der Waals surface area (Å²) in [7, 11) is 0. The molecule has 4 nitrogen and oxygen atoms in total. The van der Waals surface area contributed by atoms with Crippen LogP contribution in [0.2, 0.25) is 5.15 Å². The van der Waals surface area contributed by atoms with Crippen molar-refractivity contribution in [3.63, 3.8) is 0 Å². The highest BCUT2D eigenvalue weighted by Gasteiger charge is 2.03. The second kappa shape index (κ2) is 5.36. The van der Waals surface area contributed by atoms with Gasteiger partial charge in [0.05, 0.1) is 17.8 Å². The van der Waals surface area contributed by atoms with Crippen LogP contribution in [-0.4, -0.2) is 26.5 Å². The molecule has 0 aromatic carbocycles. The molecule has 1 aromatic rings. The van der Waals surface area contributed by atoms with Crippen LogP contribution in [0.4, 0.5) is 5.82 Å². The summed E-state index contributed by atoms with van der Waals surface area (Å²) >= 11 is 6.79. The quantitative estimate of drug-likeness (QED) is 0.744. The summed E-state index contributed by atoms with van der Waals surface area (Å²) in [4.78, 5) is 0. The molecule has 0 fully saturated rings. The molecule has 2 N–H and O–H groups in total. The van der Waals surface area contributed by atoms with Crippen molar-refractivity contribution in [1.29, 1.82) is 0 Å². The molecule has 1 unspecified atom stereocenters. The van der Waals surface area contributed by atoms with E-state index in [0.717, 1.165) is 31.1 Å². The number of aliphatic hydroxyl groups excluding tert-OH is 1. The van der Waals surface area contributed by atoms with Crippen LogP contribution in [0, 0.1) is 0 Å². The Morgan fingerprint density at radius 1 is 1.62 bits per heavy atom. The van der Waals surface area contributed by atoms with Crippen molar-refractivity contribution in [3.05, 3.63) is 5.15 Å². The zero-order valence-corrected chi connectivity index (χ0v) is 8.90. The number of nitrogens with one attached hydrogen (secondary N) is 1. The van der Waals surface area contributed by atoms with Crippen LogP contribution in [0.1, 0.15) is 19.8 Å². The third kappa shape index (κ3) is 3.89. The van der Waals surface area contributed by atoms with E-state index in [9.17, 15) is 0 Å². The van der Waals surface area contributed by atoms with Gasteiger partial charge in [-0.15, -0.1) is 0 Å². The Labute approximate surface area is 86.3 Å². The summed E-state index contributed by atoms with van der Waals surface area (Å²) in [5, 5.41) is 12.4. The smallest absolute Gasteiger partial charge is 0.186 e. The van der Waals surface area contributed by atoms with Crippen LogP contribution >= 0.6 is 23.3 Å². The van der Waals surface area contributed by atoms with E-state index < -0.39 is 0 Å². The lowest BCUT2D eigenvalue weighted by Crippen LogP contribution is -2.06. The highest BCUT2D eigenvalue weighted by atomic mass is 35.5. The zero-order chi connectivity index (χ0) is 9.68. The van der Waals surface area contributed by atoms with Crippen molar-refractivity contribution >= 4 is 29.1 Å². The van der Waals surface area contributed by atoms with Crippen LogP contribution < -0.4 is 5.32 Å². The maximum atomic E-state index is 8.98. The van der Waals surface area contributed by atoms with Crippen LogP contribution in [0.5, 0.6) is 0 Å². The molecule has 0 aliphatic carbocycles. The number of rotatable bonds is 5. The van der Waals surface area contributed by atoms with Gasteiger partial charge >= 0.3 is 0 Å². The summed E-state index contributed by atoms with van der Waals surface area (Å²) < 4.78 is 7.77. The van der Waals surface area contributed by atoms with E-state index in [0.29, 0.717) is 11.0 Å². The molecule has 0 bridgehead atoms. The number of aliphatic hydroxyl groups is 1. The number of hydrogen-bond acceptors (Lipinski definition) is 5. The minimum Gasteiger partial charge on any atom is -0.393 e. The van der Waals surface area contributed by atoms with Crippen molar-refractivity contribution in [3.8, 4) is 0 Å². The topological polar surface area (TPSA) is 58.0 Å². The fourth-order valence-electron chi connectivity index (χ4n) is 0.887. The first-order chi connectivity index (χ1) is 6.20. The van der Waals surface area contributed by atoms with E-state index in [-0.39, 0.29) is 6.10 Å². The minimum absolute atomic E-state index is 0.245. The van der Waals surface area contributed by atoms with E-state index in [4.69, 9.17) is 16.7 Å². The number of aromatic nitrogens is 2. The first-order valence-corrected chi connectivity index (χ1v) is 5.21. The Morgan fingerprint density at radius 2 is 2.38 bits per heavy atom. The maximum Gasteiger partial charge on any atom is 0.186 e. The number of hydrogen-bond donors (Lipinski definition) is 2. The lowest BCUT2D eigenvalue weighted by molar-refractivity contribution is 0.183. The van der Waals surface area contributed by atoms with Gasteiger partial charge in [0, 0.05) is 6.54 Å². The predicted molar refractivity (Wildman–Crippen MR) is 54.3 cm³/mol. The molecule has 0 amide bonds. The fourth-order valence-corrected chi connectivity index (χ4v) is 1.57. The van der Waals surface area contributed by atoms with Gasteiger partial charge in [-0.05, 0) is 19.8 Å². The van der Waals surface area contributed by atoms with E-state index in [1.54, 1.807) is 6.92 Å². The second-order valence-corrected chi connectivity index (χ2v) is 3.71. The van der Waals surface area contributed by atoms with Gasteiger partial charge in [-0.2, -0.15) is 8.75 Å². The average Bonchev–Trinajstić information content (AvgIpc) is 2.45. The van der Waals surface area contributed by atoms with Crippen molar-refractivity contribution in [2.24, 2.45) is 0 Å². The first kappa shape index (κ1) is 10.7. The van der Waals surface area contributed by atoms with Gasteiger partial charge in [0.25, 0.3) is 0 Å². The van der Waals surface area contributed by atoms with Crippen LogP contribution in [0.25, 0.3) is 0 Å². The Bertz CT molecular complexity index is 254.